The lowest BCUT2D eigenvalue weighted by Crippen LogP contribution is -2.17. The van der Waals surface area contributed by atoms with E-state index in [2.05, 4.69) is 5.32 Å². The van der Waals surface area contributed by atoms with Crippen LogP contribution in [0.25, 0.3) is 0 Å². The molecule has 0 fully saturated rings. The molecule has 0 atom stereocenters. The highest BCUT2D eigenvalue weighted by molar-refractivity contribution is 7.91. The van der Waals surface area contributed by atoms with Gasteiger partial charge in [-0.2, -0.15) is 0 Å². The van der Waals surface area contributed by atoms with Gasteiger partial charge in [0.25, 0.3) is 0 Å². The molecule has 1 aromatic rings. The molecule has 0 saturated carbocycles. The summed E-state index contributed by atoms with van der Waals surface area (Å²) in [5.41, 5.74) is 0.900. The van der Waals surface area contributed by atoms with E-state index in [1.807, 2.05) is 38.1 Å². The lowest BCUT2D eigenvalue weighted by atomic mass is 10.3. The van der Waals surface area contributed by atoms with E-state index >= 15 is 0 Å². The van der Waals surface area contributed by atoms with Gasteiger partial charge < -0.3 is 10.1 Å². The van der Waals surface area contributed by atoms with Crippen molar-refractivity contribution in [3.05, 3.63) is 24.3 Å². The summed E-state index contributed by atoms with van der Waals surface area (Å²) in [6.45, 7) is 6.04. The van der Waals surface area contributed by atoms with E-state index in [9.17, 15) is 8.42 Å². The fraction of sp³-hybridized carbons (Fsp3) is 0.538. The van der Waals surface area contributed by atoms with Gasteiger partial charge in [-0.15, -0.1) is 0 Å². The molecular formula is C13H21NO3S. The topological polar surface area (TPSA) is 55.4 Å². The normalized spacial score (nSPS) is 11.6. The van der Waals surface area contributed by atoms with E-state index in [0.29, 0.717) is 6.54 Å². The van der Waals surface area contributed by atoms with Crippen LogP contribution in [0.1, 0.15) is 20.8 Å². The lowest BCUT2D eigenvalue weighted by Gasteiger charge is -2.11. The summed E-state index contributed by atoms with van der Waals surface area (Å²) in [6.07, 6.45) is 0.151. The largest absolute Gasteiger partial charge is 0.491 e. The van der Waals surface area contributed by atoms with Crippen molar-refractivity contribution in [3.63, 3.8) is 0 Å². The first-order valence-electron chi connectivity index (χ1n) is 6.14. The zero-order chi connectivity index (χ0) is 13.6. The van der Waals surface area contributed by atoms with Crippen LogP contribution in [-0.2, 0) is 9.84 Å². The number of hydrogen-bond acceptors (Lipinski definition) is 4. The molecule has 1 aromatic carbocycles. The second-order valence-electron chi connectivity index (χ2n) is 4.35. The van der Waals surface area contributed by atoms with Crippen molar-refractivity contribution in [2.24, 2.45) is 0 Å². The van der Waals surface area contributed by atoms with Crippen LogP contribution in [0.5, 0.6) is 5.75 Å². The molecular weight excluding hydrogens is 250 g/mol. The molecule has 18 heavy (non-hydrogen) atoms. The first-order chi connectivity index (χ1) is 8.43. The minimum atomic E-state index is -2.90. The maximum absolute atomic E-state index is 11.3. The van der Waals surface area contributed by atoms with Crippen molar-refractivity contribution in [2.45, 2.75) is 26.9 Å². The van der Waals surface area contributed by atoms with E-state index in [1.165, 1.54) is 0 Å². The quantitative estimate of drug-likeness (QED) is 0.827. The summed E-state index contributed by atoms with van der Waals surface area (Å²) in [6, 6.07) is 7.51. The Labute approximate surface area is 109 Å². The van der Waals surface area contributed by atoms with Gasteiger partial charge >= 0.3 is 0 Å². The summed E-state index contributed by atoms with van der Waals surface area (Å²) in [7, 11) is -2.90. The second-order valence-corrected chi connectivity index (χ2v) is 6.83. The highest BCUT2D eigenvalue weighted by Gasteiger charge is 2.06. The fourth-order valence-corrected chi connectivity index (χ4v) is 2.12. The first kappa shape index (κ1) is 14.8. The van der Waals surface area contributed by atoms with Crippen LogP contribution in [0.2, 0.25) is 0 Å². The van der Waals surface area contributed by atoms with Crippen molar-refractivity contribution < 1.29 is 13.2 Å². The average Bonchev–Trinajstić information content (AvgIpc) is 2.30. The number of hydrogen-bond donors (Lipinski definition) is 1. The zero-order valence-corrected chi connectivity index (χ0v) is 12.0. The Morgan fingerprint density at radius 1 is 1.22 bits per heavy atom. The molecule has 0 aliphatic rings. The summed E-state index contributed by atoms with van der Waals surface area (Å²) in [5.74, 6) is 1.17. The lowest BCUT2D eigenvalue weighted by molar-refractivity contribution is 0.242. The molecule has 0 aliphatic carbocycles. The van der Waals surface area contributed by atoms with Crippen molar-refractivity contribution in [2.75, 3.05) is 23.4 Å². The third kappa shape index (κ3) is 5.40. The van der Waals surface area contributed by atoms with Crippen molar-refractivity contribution in [3.8, 4) is 5.75 Å². The number of anilines is 1. The van der Waals surface area contributed by atoms with Gasteiger partial charge in [-0.05, 0) is 38.1 Å². The van der Waals surface area contributed by atoms with Gasteiger partial charge in [0.05, 0.1) is 11.9 Å². The van der Waals surface area contributed by atoms with E-state index in [1.54, 1.807) is 6.92 Å². The molecule has 1 N–H and O–H groups in total. The Morgan fingerprint density at radius 3 is 2.33 bits per heavy atom. The highest BCUT2D eigenvalue weighted by Crippen LogP contribution is 2.16. The van der Waals surface area contributed by atoms with Crippen molar-refractivity contribution in [1.29, 1.82) is 0 Å². The number of benzene rings is 1. The molecule has 0 bridgehead atoms. The van der Waals surface area contributed by atoms with Crippen LogP contribution < -0.4 is 10.1 Å². The summed E-state index contributed by atoms with van der Waals surface area (Å²) in [4.78, 5) is 0. The van der Waals surface area contributed by atoms with E-state index in [4.69, 9.17) is 4.74 Å². The molecule has 1 rings (SSSR count). The van der Waals surface area contributed by atoms with E-state index in [-0.39, 0.29) is 17.6 Å². The Balaban J connectivity index is 2.44. The molecule has 0 unspecified atom stereocenters. The van der Waals surface area contributed by atoms with Crippen LogP contribution >= 0.6 is 0 Å². The Bertz CT molecular complexity index is 452. The predicted molar refractivity (Wildman–Crippen MR) is 75.0 cm³/mol. The summed E-state index contributed by atoms with van der Waals surface area (Å²) < 4.78 is 28.1. The highest BCUT2D eigenvalue weighted by atomic mass is 32.2. The van der Waals surface area contributed by atoms with Gasteiger partial charge in [0.15, 0.2) is 9.84 Å². The number of rotatable bonds is 7. The molecule has 5 heteroatoms. The van der Waals surface area contributed by atoms with Crippen LogP contribution in [-0.4, -0.2) is 32.6 Å². The minimum absolute atomic E-state index is 0.151. The Hall–Kier alpha value is -1.23. The predicted octanol–water partition coefficient (Wildman–Crippen LogP) is 2.32. The van der Waals surface area contributed by atoms with Gasteiger partial charge in [-0.25, -0.2) is 8.42 Å². The smallest absolute Gasteiger partial charge is 0.151 e. The van der Waals surface area contributed by atoms with E-state index in [0.717, 1.165) is 11.4 Å². The van der Waals surface area contributed by atoms with Crippen LogP contribution in [0.15, 0.2) is 24.3 Å². The zero-order valence-electron chi connectivity index (χ0n) is 11.1. The molecule has 0 saturated heterocycles. The molecule has 0 spiro atoms. The molecule has 0 heterocycles. The monoisotopic (exact) mass is 271 g/mol. The number of sulfone groups is 1. The SMILES string of the molecule is CCS(=O)(=O)CCNc1ccc(OC(C)C)cc1. The van der Waals surface area contributed by atoms with Crippen LogP contribution in [0, 0.1) is 0 Å². The molecule has 0 amide bonds. The Morgan fingerprint density at radius 2 is 1.83 bits per heavy atom. The average molecular weight is 271 g/mol. The second kappa shape index (κ2) is 6.64. The molecule has 102 valence electrons. The Kier molecular flexibility index (Phi) is 5.47. The molecule has 4 nitrogen and oxygen atoms in total. The van der Waals surface area contributed by atoms with Gasteiger partial charge in [-0.1, -0.05) is 6.92 Å². The number of nitrogens with one attached hydrogen (secondary N) is 1. The van der Waals surface area contributed by atoms with Gasteiger partial charge in [-0.3, -0.25) is 0 Å². The minimum Gasteiger partial charge on any atom is -0.491 e. The van der Waals surface area contributed by atoms with E-state index < -0.39 is 9.84 Å². The van der Waals surface area contributed by atoms with Crippen molar-refractivity contribution >= 4 is 15.5 Å². The summed E-state index contributed by atoms with van der Waals surface area (Å²) in [5, 5.41) is 3.08. The van der Waals surface area contributed by atoms with Crippen molar-refractivity contribution in [1.82, 2.24) is 0 Å². The standard InChI is InChI=1S/C13H21NO3S/c1-4-18(15,16)10-9-14-12-5-7-13(8-6-12)17-11(2)3/h5-8,11,14H,4,9-10H2,1-3H3. The summed E-state index contributed by atoms with van der Waals surface area (Å²) >= 11 is 0. The molecule has 0 radical (unpaired) electrons. The van der Waals surface area contributed by atoms with Crippen LogP contribution in [0.3, 0.4) is 0 Å². The van der Waals surface area contributed by atoms with Gasteiger partial charge in [0.1, 0.15) is 5.75 Å². The maximum Gasteiger partial charge on any atom is 0.151 e. The van der Waals surface area contributed by atoms with Gasteiger partial charge in [0.2, 0.25) is 0 Å². The third-order valence-electron chi connectivity index (χ3n) is 2.41. The first-order valence-corrected chi connectivity index (χ1v) is 7.96. The maximum atomic E-state index is 11.3. The fourth-order valence-electron chi connectivity index (χ4n) is 1.42. The molecule has 0 aliphatic heterocycles. The van der Waals surface area contributed by atoms with Gasteiger partial charge in [0, 0.05) is 18.0 Å². The molecule has 0 aromatic heterocycles. The van der Waals surface area contributed by atoms with Crippen LogP contribution in [0.4, 0.5) is 5.69 Å². The number of ether oxygens (including phenoxy) is 1. The third-order valence-corrected chi connectivity index (χ3v) is 4.11.